The van der Waals surface area contributed by atoms with Gasteiger partial charge in [-0.2, -0.15) is 0 Å². The molecule has 0 amide bonds. The standard InChI is InChI=1S/C14H26N2O4/c1-14(2,3)20-13(19)9-16-11-7-5-4-6-10(11)15-8-12(17)18/h10-11,15-16H,4-9H2,1-3H3,(H,17,18). The van der Waals surface area contributed by atoms with Crippen LogP contribution in [-0.4, -0.2) is 47.8 Å². The molecule has 3 N–H and O–H groups in total. The Labute approximate surface area is 120 Å². The van der Waals surface area contributed by atoms with Crippen molar-refractivity contribution in [3.05, 3.63) is 0 Å². The summed E-state index contributed by atoms with van der Waals surface area (Å²) in [6.45, 7) is 5.62. The second kappa shape index (κ2) is 7.59. The molecule has 0 aromatic carbocycles. The van der Waals surface area contributed by atoms with Gasteiger partial charge in [0.15, 0.2) is 0 Å². The topological polar surface area (TPSA) is 87.7 Å². The first-order chi connectivity index (χ1) is 9.28. The van der Waals surface area contributed by atoms with Gasteiger partial charge in [0.1, 0.15) is 5.60 Å². The van der Waals surface area contributed by atoms with Crippen molar-refractivity contribution in [3.8, 4) is 0 Å². The van der Waals surface area contributed by atoms with E-state index in [0.29, 0.717) is 0 Å². The van der Waals surface area contributed by atoms with Gasteiger partial charge in [-0.3, -0.25) is 9.59 Å². The fraction of sp³-hybridized carbons (Fsp3) is 0.857. The highest BCUT2D eigenvalue weighted by atomic mass is 16.6. The van der Waals surface area contributed by atoms with E-state index >= 15 is 0 Å². The van der Waals surface area contributed by atoms with Gasteiger partial charge in [-0.1, -0.05) is 12.8 Å². The van der Waals surface area contributed by atoms with Crippen molar-refractivity contribution in [2.45, 2.75) is 64.1 Å². The zero-order valence-electron chi connectivity index (χ0n) is 12.6. The number of esters is 1. The molecule has 116 valence electrons. The van der Waals surface area contributed by atoms with Crippen LogP contribution >= 0.6 is 0 Å². The van der Waals surface area contributed by atoms with Crippen LogP contribution < -0.4 is 10.6 Å². The second-order valence-electron chi connectivity index (χ2n) is 6.24. The molecule has 20 heavy (non-hydrogen) atoms. The third-order valence-electron chi connectivity index (χ3n) is 3.21. The SMILES string of the molecule is CC(C)(C)OC(=O)CNC1CCCCC1NCC(=O)O. The minimum absolute atomic E-state index is 0.0463. The molecule has 1 aliphatic carbocycles. The van der Waals surface area contributed by atoms with Crippen molar-refractivity contribution in [2.75, 3.05) is 13.1 Å². The summed E-state index contributed by atoms with van der Waals surface area (Å²) in [4.78, 5) is 22.3. The van der Waals surface area contributed by atoms with Crippen LogP contribution in [0.1, 0.15) is 46.5 Å². The normalized spacial score (nSPS) is 23.4. The van der Waals surface area contributed by atoms with Crippen LogP contribution in [0, 0.1) is 0 Å². The Hall–Kier alpha value is -1.14. The molecule has 0 heterocycles. The average molecular weight is 286 g/mol. The van der Waals surface area contributed by atoms with Gasteiger partial charge in [-0.15, -0.1) is 0 Å². The van der Waals surface area contributed by atoms with E-state index in [1.54, 1.807) is 0 Å². The van der Waals surface area contributed by atoms with E-state index in [-0.39, 0.29) is 31.1 Å². The maximum absolute atomic E-state index is 11.7. The van der Waals surface area contributed by atoms with Gasteiger partial charge >= 0.3 is 11.9 Å². The number of carboxylic acid groups (broad SMARTS) is 1. The number of carboxylic acids is 1. The first-order valence-corrected chi connectivity index (χ1v) is 7.18. The minimum Gasteiger partial charge on any atom is -0.480 e. The van der Waals surface area contributed by atoms with Crippen LogP contribution in [0.15, 0.2) is 0 Å². The summed E-state index contributed by atoms with van der Waals surface area (Å²) in [7, 11) is 0. The Balaban J connectivity index is 2.38. The fourth-order valence-corrected chi connectivity index (χ4v) is 2.43. The first-order valence-electron chi connectivity index (χ1n) is 7.18. The molecule has 0 aromatic heterocycles. The Morgan fingerprint density at radius 2 is 1.60 bits per heavy atom. The van der Waals surface area contributed by atoms with Crippen LogP contribution in [0.4, 0.5) is 0 Å². The molecule has 1 rings (SSSR count). The third kappa shape index (κ3) is 6.86. The van der Waals surface area contributed by atoms with E-state index in [1.165, 1.54) is 0 Å². The lowest BCUT2D eigenvalue weighted by atomic mass is 9.90. The highest BCUT2D eigenvalue weighted by Crippen LogP contribution is 2.18. The maximum Gasteiger partial charge on any atom is 0.320 e. The molecule has 1 fully saturated rings. The Kier molecular flexibility index (Phi) is 6.42. The predicted octanol–water partition coefficient (Wildman–Crippen LogP) is 0.903. The van der Waals surface area contributed by atoms with Crippen LogP contribution in [0.5, 0.6) is 0 Å². The number of rotatable bonds is 6. The van der Waals surface area contributed by atoms with Gasteiger partial charge in [0.25, 0.3) is 0 Å². The lowest BCUT2D eigenvalue weighted by molar-refractivity contribution is -0.153. The Morgan fingerprint density at radius 1 is 1.10 bits per heavy atom. The van der Waals surface area contributed by atoms with Gasteiger partial charge in [-0.25, -0.2) is 0 Å². The molecule has 6 nitrogen and oxygen atoms in total. The van der Waals surface area contributed by atoms with Gasteiger partial charge in [0, 0.05) is 12.1 Å². The summed E-state index contributed by atoms with van der Waals surface area (Å²) in [6.07, 6.45) is 4.05. The van der Waals surface area contributed by atoms with Crippen molar-refractivity contribution < 1.29 is 19.4 Å². The number of carbonyl (C=O) groups excluding carboxylic acids is 1. The smallest absolute Gasteiger partial charge is 0.320 e. The molecule has 0 aliphatic heterocycles. The summed E-state index contributed by atoms with van der Waals surface area (Å²) in [6, 6.07) is 0.220. The average Bonchev–Trinajstić information content (AvgIpc) is 2.32. The number of nitrogens with one attached hydrogen (secondary N) is 2. The lowest BCUT2D eigenvalue weighted by Gasteiger charge is -2.32. The molecule has 2 atom stereocenters. The molecule has 6 heteroatoms. The summed E-state index contributed by atoms with van der Waals surface area (Å²) < 4.78 is 5.25. The van der Waals surface area contributed by atoms with Gasteiger partial charge < -0.3 is 20.5 Å². The van der Waals surface area contributed by atoms with E-state index < -0.39 is 11.6 Å². The summed E-state index contributed by atoms with van der Waals surface area (Å²) in [5.74, 6) is -1.14. The first kappa shape index (κ1) is 16.9. The van der Waals surface area contributed by atoms with Crippen LogP contribution in [0.25, 0.3) is 0 Å². The van der Waals surface area contributed by atoms with Crippen LogP contribution in [0.2, 0.25) is 0 Å². The molecule has 0 radical (unpaired) electrons. The molecule has 2 unspecified atom stereocenters. The predicted molar refractivity (Wildman–Crippen MR) is 75.5 cm³/mol. The zero-order chi connectivity index (χ0) is 15.2. The quantitative estimate of drug-likeness (QED) is 0.629. The summed E-state index contributed by atoms with van der Waals surface area (Å²) in [5.41, 5.74) is -0.480. The third-order valence-corrected chi connectivity index (χ3v) is 3.21. The van der Waals surface area contributed by atoms with Crippen LogP contribution in [-0.2, 0) is 14.3 Å². The Bertz CT molecular complexity index is 339. The lowest BCUT2D eigenvalue weighted by Crippen LogP contribution is -2.52. The Morgan fingerprint density at radius 3 is 2.05 bits per heavy atom. The van der Waals surface area contributed by atoms with Gasteiger partial charge in [-0.05, 0) is 33.6 Å². The fourth-order valence-electron chi connectivity index (χ4n) is 2.43. The number of hydrogen-bond donors (Lipinski definition) is 3. The molecule has 0 spiro atoms. The largest absolute Gasteiger partial charge is 0.480 e. The highest BCUT2D eigenvalue weighted by Gasteiger charge is 2.26. The van der Waals surface area contributed by atoms with Crippen molar-refractivity contribution in [3.63, 3.8) is 0 Å². The number of carbonyl (C=O) groups is 2. The van der Waals surface area contributed by atoms with Crippen molar-refractivity contribution in [1.82, 2.24) is 10.6 Å². The summed E-state index contributed by atoms with van der Waals surface area (Å²) in [5, 5.41) is 14.9. The molecule has 0 saturated heterocycles. The van der Waals surface area contributed by atoms with Crippen molar-refractivity contribution in [1.29, 1.82) is 0 Å². The molecular formula is C14H26N2O4. The van der Waals surface area contributed by atoms with E-state index in [2.05, 4.69) is 10.6 Å². The van der Waals surface area contributed by atoms with Crippen molar-refractivity contribution in [2.24, 2.45) is 0 Å². The van der Waals surface area contributed by atoms with Gasteiger partial charge in [0.2, 0.25) is 0 Å². The van der Waals surface area contributed by atoms with Crippen molar-refractivity contribution >= 4 is 11.9 Å². The number of ether oxygens (including phenoxy) is 1. The molecule has 0 aromatic rings. The monoisotopic (exact) mass is 286 g/mol. The van der Waals surface area contributed by atoms with Gasteiger partial charge in [0.05, 0.1) is 13.1 Å². The summed E-state index contributed by atoms with van der Waals surface area (Å²) >= 11 is 0. The molecule has 1 saturated carbocycles. The second-order valence-corrected chi connectivity index (χ2v) is 6.24. The molecular weight excluding hydrogens is 260 g/mol. The maximum atomic E-state index is 11.7. The van der Waals surface area contributed by atoms with E-state index in [4.69, 9.17) is 9.84 Å². The molecule has 1 aliphatic rings. The highest BCUT2D eigenvalue weighted by molar-refractivity contribution is 5.72. The van der Waals surface area contributed by atoms with E-state index in [9.17, 15) is 9.59 Å². The van der Waals surface area contributed by atoms with E-state index in [0.717, 1.165) is 25.7 Å². The molecule has 0 bridgehead atoms. The minimum atomic E-state index is -0.860. The number of hydrogen-bond acceptors (Lipinski definition) is 5. The number of aliphatic carboxylic acids is 1. The van der Waals surface area contributed by atoms with Crippen LogP contribution in [0.3, 0.4) is 0 Å². The zero-order valence-corrected chi connectivity index (χ0v) is 12.6. The van der Waals surface area contributed by atoms with E-state index in [1.807, 2.05) is 20.8 Å².